The molecule has 0 bridgehead atoms. The molecule has 7 heteroatoms. The Labute approximate surface area is 242 Å². The fraction of sp³-hybridized carbons (Fsp3) is 0.923. The van der Waals surface area contributed by atoms with Crippen LogP contribution in [0.2, 0.25) is 0 Å². The van der Waals surface area contributed by atoms with Crippen molar-refractivity contribution in [2.45, 2.75) is 142 Å². The molecule has 192 valence electrons. The van der Waals surface area contributed by atoms with Crippen LogP contribution in [0.15, 0.2) is 0 Å². The molecule has 0 aliphatic carbocycles. The van der Waals surface area contributed by atoms with Crippen molar-refractivity contribution < 1.29 is 19.5 Å². The normalized spacial score (nSPS) is 10.0. The molecular formula is C26H52N2S4Zn. The van der Waals surface area contributed by atoms with E-state index in [0.717, 1.165) is 13.1 Å². The zero-order valence-electron chi connectivity index (χ0n) is 21.9. The zero-order chi connectivity index (χ0) is 24.1. The first-order chi connectivity index (χ1) is 15.5. The summed E-state index contributed by atoms with van der Waals surface area (Å²) < 4.78 is 1.02. The van der Waals surface area contributed by atoms with Gasteiger partial charge < -0.3 is 60.3 Å². The summed E-state index contributed by atoms with van der Waals surface area (Å²) in [5.41, 5.74) is 0. The Hall–Kier alpha value is 0.843. The fourth-order valence-electron chi connectivity index (χ4n) is 3.61. The number of rotatable bonds is 22. The maximum absolute atomic E-state index is 4.77. The molecule has 0 fully saturated rings. The molecule has 0 heterocycles. The maximum Gasteiger partial charge on any atom is 2.00 e. The molecule has 2 N–H and O–H groups in total. The van der Waals surface area contributed by atoms with E-state index in [1.54, 1.807) is 0 Å². The molecule has 0 amide bonds. The Bertz CT molecular complexity index is 362. The summed E-state index contributed by atoms with van der Waals surface area (Å²) in [5, 5.41) is 6.03. The van der Waals surface area contributed by atoms with Crippen LogP contribution in [-0.4, -0.2) is 21.7 Å². The summed E-state index contributed by atoms with van der Waals surface area (Å²) in [5.74, 6) is 0. The van der Waals surface area contributed by atoms with E-state index >= 15 is 0 Å². The van der Waals surface area contributed by atoms with Gasteiger partial charge in [0.15, 0.2) is 0 Å². The first kappa shape index (κ1) is 38.4. The standard InChI is InChI=1S/2C13H27NS2.Zn/c2*1-2-3-4-5-6-7-8-9-10-11-12-14-13(15)16;/h2*2-12H2,1H3,(H2,14,15,16);/q;;+2/p-2. The third kappa shape index (κ3) is 43.4. The summed E-state index contributed by atoms with van der Waals surface area (Å²) in [6, 6.07) is 0. The van der Waals surface area contributed by atoms with Gasteiger partial charge in [0.25, 0.3) is 0 Å². The molecule has 0 saturated heterocycles. The molecule has 0 spiro atoms. The molecule has 0 rings (SSSR count). The minimum atomic E-state index is 0. The minimum absolute atomic E-state index is 0. The van der Waals surface area contributed by atoms with E-state index in [9.17, 15) is 0 Å². The molecular weight excluding hydrogens is 534 g/mol. The summed E-state index contributed by atoms with van der Waals surface area (Å²) in [7, 11) is 0. The van der Waals surface area contributed by atoms with Crippen LogP contribution in [0.4, 0.5) is 0 Å². The van der Waals surface area contributed by atoms with Crippen molar-refractivity contribution in [3.05, 3.63) is 0 Å². The van der Waals surface area contributed by atoms with E-state index in [2.05, 4.69) is 24.5 Å². The van der Waals surface area contributed by atoms with Crippen LogP contribution in [0.25, 0.3) is 0 Å². The van der Waals surface area contributed by atoms with Crippen molar-refractivity contribution in [2.75, 3.05) is 13.1 Å². The smallest absolute Gasteiger partial charge is 0.412 e. The van der Waals surface area contributed by atoms with E-state index in [-0.39, 0.29) is 19.5 Å². The Kier molecular flexibility index (Phi) is 40.7. The molecule has 0 aliphatic rings. The third-order valence-electron chi connectivity index (χ3n) is 5.60. The first-order valence-electron chi connectivity index (χ1n) is 13.4. The second-order valence-electron chi connectivity index (χ2n) is 8.79. The van der Waals surface area contributed by atoms with Gasteiger partial charge in [-0.1, -0.05) is 138 Å². The van der Waals surface area contributed by atoms with Gasteiger partial charge in [-0.3, -0.25) is 0 Å². The van der Waals surface area contributed by atoms with E-state index < -0.39 is 0 Å². The predicted molar refractivity (Wildman–Crippen MR) is 160 cm³/mol. The van der Waals surface area contributed by atoms with Crippen LogP contribution < -0.4 is 10.6 Å². The van der Waals surface area contributed by atoms with Crippen LogP contribution in [-0.2, 0) is 44.7 Å². The van der Waals surface area contributed by atoms with Crippen molar-refractivity contribution in [3.8, 4) is 0 Å². The minimum Gasteiger partial charge on any atom is -0.412 e. The molecule has 0 unspecified atom stereocenters. The predicted octanol–water partition coefficient (Wildman–Crippen LogP) is 8.65. The zero-order valence-corrected chi connectivity index (χ0v) is 28.1. The van der Waals surface area contributed by atoms with E-state index in [1.807, 2.05) is 0 Å². The van der Waals surface area contributed by atoms with Crippen LogP contribution in [0, 0.1) is 0 Å². The Morgan fingerprint density at radius 3 is 0.879 bits per heavy atom. The molecule has 0 aromatic heterocycles. The van der Waals surface area contributed by atoms with E-state index in [1.165, 1.54) is 128 Å². The average Bonchev–Trinajstić information content (AvgIpc) is 2.76. The summed E-state index contributed by atoms with van der Waals surface area (Å²) in [6.45, 7) is 6.45. The average molecular weight is 586 g/mol. The van der Waals surface area contributed by atoms with Gasteiger partial charge in [-0.2, -0.15) is 0 Å². The molecule has 0 aromatic rings. The summed E-state index contributed by atoms with van der Waals surface area (Å²) >= 11 is 19.1. The Morgan fingerprint density at radius 2 is 0.667 bits per heavy atom. The molecule has 0 radical (unpaired) electrons. The van der Waals surface area contributed by atoms with Crippen molar-refractivity contribution in [2.24, 2.45) is 0 Å². The van der Waals surface area contributed by atoms with Gasteiger partial charge in [0.2, 0.25) is 0 Å². The Balaban J connectivity index is -0.000000529. The molecule has 0 aromatic carbocycles. The first-order valence-corrected chi connectivity index (χ1v) is 15.1. The largest absolute Gasteiger partial charge is 2.00 e. The molecule has 33 heavy (non-hydrogen) atoms. The van der Waals surface area contributed by atoms with Crippen molar-refractivity contribution in [1.29, 1.82) is 0 Å². The van der Waals surface area contributed by atoms with Crippen molar-refractivity contribution in [1.82, 2.24) is 10.6 Å². The third-order valence-corrected chi connectivity index (χ3v) is 6.18. The molecule has 0 atom stereocenters. The van der Waals surface area contributed by atoms with Gasteiger partial charge in [0.05, 0.1) is 0 Å². The topological polar surface area (TPSA) is 24.1 Å². The molecule has 2 nitrogen and oxygen atoms in total. The number of hydrogen-bond donors (Lipinski definition) is 2. The second-order valence-corrected chi connectivity index (χ2v) is 10.9. The van der Waals surface area contributed by atoms with Crippen molar-refractivity contribution in [3.63, 3.8) is 0 Å². The second kappa shape index (κ2) is 35.0. The van der Waals surface area contributed by atoms with Crippen LogP contribution >= 0.6 is 24.4 Å². The van der Waals surface area contributed by atoms with Crippen LogP contribution in [0.5, 0.6) is 0 Å². The van der Waals surface area contributed by atoms with Crippen LogP contribution in [0.3, 0.4) is 0 Å². The summed E-state index contributed by atoms with van der Waals surface area (Å²) in [6.07, 6.45) is 27.4. The van der Waals surface area contributed by atoms with Gasteiger partial charge in [-0.15, -0.1) is 0 Å². The molecule has 0 saturated carbocycles. The van der Waals surface area contributed by atoms with E-state index in [0.29, 0.717) is 8.64 Å². The van der Waals surface area contributed by atoms with Gasteiger partial charge in [-0.25, -0.2) is 0 Å². The van der Waals surface area contributed by atoms with Gasteiger partial charge in [-0.05, 0) is 12.8 Å². The number of hydrogen-bond acceptors (Lipinski definition) is 4. The maximum atomic E-state index is 4.77. The summed E-state index contributed by atoms with van der Waals surface area (Å²) in [4.78, 5) is 0. The Morgan fingerprint density at radius 1 is 0.455 bits per heavy atom. The van der Waals surface area contributed by atoms with Gasteiger partial charge in [0.1, 0.15) is 0 Å². The SMILES string of the molecule is CCCCCCCCCCCCNC(=S)[S-].CCCCCCCCCCCCNC(=S)[S-].[Zn+2]. The number of thiocarbonyl (C=S) groups is 2. The van der Waals surface area contributed by atoms with Crippen LogP contribution in [0.1, 0.15) is 142 Å². The van der Waals surface area contributed by atoms with Gasteiger partial charge in [0, 0.05) is 13.1 Å². The molecule has 0 aliphatic heterocycles. The quantitative estimate of drug-likeness (QED) is 0.0570. The van der Waals surface area contributed by atoms with E-state index in [4.69, 9.17) is 49.7 Å². The monoisotopic (exact) mass is 584 g/mol. The number of nitrogens with one attached hydrogen (secondary N) is 2. The van der Waals surface area contributed by atoms with Crippen molar-refractivity contribution >= 4 is 58.3 Å². The van der Waals surface area contributed by atoms with Gasteiger partial charge >= 0.3 is 19.5 Å². The fourth-order valence-corrected chi connectivity index (χ4v) is 4.01. The number of unbranched alkanes of at least 4 members (excludes halogenated alkanes) is 18.